The summed E-state index contributed by atoms with van der Waals surface area (Å²) in [5.74, 6) is 0. The topological polar surface area (TPSA) is 94.5 Å². The Morgan fingerprint density at radius 3 is 1.83 bits per heavy atom. The van der Waals surface area contributed by atoms with Crippen molar-refractivity contribution in [2.75, 3.05) is 33.7 Å². The lowest BCUT2D eigenvalue weighted by atomic mass is 9.98. The number of benzene rings is 1. The fourth-order valence-electron chi connectivity index (χ4n) is 5.26. The van der Waals surface area contributed by atoms with E-state index in [1.807, 2.05) is 18.2 Å². The first-order valence-corrected chi connectivity index (χ1v) is 16.8. The Balaban J connectivity index is 2.07. The van der Waals surface area contributed by atoms with E-state index in [0.29, 0.717) is 12.1 Å². The largest absolute Gasteiger partial charge is 0.445 e. The van der Waals surface area contributed by atoms with Crippen molar-refractivity contribution in [3.63, 3.8) is 0 Å². The van der Waals surface area contributed by atoms with E-state index in [2.05, 4.69) is 35.7 Å². The second-order valence-corrected chi connectivity index (χ2v) is 11.9. The van der Waals surface area contributed by atoms with E-state index in [1.54, 1.807) is 0 Å². The van der Waals surface area contributed by atoms with Crippen molar-refractivity contribution in [3.8, 4) is 6.07 Å². The molecule has 0 spiro atoms. The predicted octanol–water partition coefficient (Wildman–Crippen LogP) is 8.05. The van der Waals surface area contributed by atoms with Crippen LogP contribution in [-0.4, -0.2) is 51.1 Å². The number of nitrogens with zero attached hydrogens (tertiary/aromatic N) is 2. The van der Waals surface area contributed by atoms with Gasteiger partial charge in [0.15, 0.2) is 0 Å². The molecule has 7 heteroatoms. The molecule has 2 N–H and O–H groups in total. The van der Waals surface area contributed by atoms with Gasteiger partial charge in [-0.05, 0) is 76.0 Å². The molecule has 0 bridgehead atoms. The first-order valence-electron chi connectivity index (χ1n) is 16.8. The van der Waals surface area contributed by atoms with Gasteiger partial charge >= 0.3 is 6.09 Å². The molecule has 0 aliphatic heterocycles. The lowest BCUT2D eigenvalue weighted by Gasteiger charge is -2.12. The molecule has 238 valence electrons. The summed E-state index contributed by atoms with van der Waals surface area (Å²) in [6.45, 7) is 2.77. The average Bonchev–Trinajstić information content (AvgIpc) is 2.99. The highest BCUT2D eigenvalue weighted by atomic mass is 16.5. The van der Waals surface area contributed by atoms with Crippen molar-refractivity contribution in [2.24, 2.45) is 0 Å². The van der Waals surface area contributed by atoms with Gasteiger partial charge < -0.3 is 20.3 Å². The predicted molar refractivity (Wildman–Crippen MR) is 173 cm³/mol. The van der Waals surface area contributed by atoms with E-state index in [-0.39, 0.29) is 12.7 Å². The van der Waals surface area contributed by atoms with Crippen molar-refractivity contribution in [2.45, 2.75) is 135 Å². The summed E-state index contributed by atoms with van der Waals surface area (Å²) >= 11 is 0. The van der Waals surface area contributed by atoms with Crippen LogP contribution in [0.2, 0.25) is 0 Å². The van der Waals surface area contributed by atoms with Gasteiger partial charge in [-0.1, -0.05) is 102 Å². The van der Waals surface area contributed by atoms with Crippen molar-refractivity contribution < 1.29 is 14.3 Å². The smallest absolute Gasteiger partial charge is 0.407 e. The van der Waals surface area contributed by atoms with Crippen molar-refractivity contribution in [3.05, 3.63) is 34.9 Å². The van der Waals surface area contributed by atoms with Crippen LogP contribution < -0.4 is 10.6 Å². The van der Waals surface area contributed by atoms with Crippen LogP contribution in [0.25, 0.3) is 0 Å². The van der Waals surface area contributed by atoms with Gasteiger partial charge in [-0.25, -0.2) is 4.79 Å². The highest BCUT2D eigenvalue weighted by molar-refractivity contribution is 5.67. The summed E-state index contributed by atoms with van der Waals surface area (Å²) in [6.07, 6.45) is 25.1. The summed E-state index contributed by atoms with van der Waals surface area (Å²) in [5.41, 5.74) is 2.78. The molecule has 0 atom stereocenters. The van der Waals surface area contributed by atoms with Crippen LogP contribution in [0.4, 0.5) is 4.79 Å². The van der Waals surface area contributed by atoms with E-state index in [4.69, 9.17) is 4.74 Å². The zero-order chi connectivity index (χ0) is 30.5. The number of unbranched alkanes of at least 4 members (excludes halogenated alkanes) is 17. The van der Waals surface area contributed by atoms with Crippen LogP contribution in [0.3, 0.4) is 0 Å². The first-order chi connectivity index (χ1) is 20.6. The molecule has 1 aromatic carbocycles. The maximum absolute atomic E-state index is 12.1. The normalized spacial score (nSPS) is 10.9. The molecule has 1 rings (SSSR count). The molecule has 0 heterocycles. The molecule has 0 aliphatic rings. The fourth-order valence-corrected chi connectivity index (χ4v) is 5.26. The van der Waals surface area contributed by atoms with Gasteiger partial charge in [0.1, 0.15) is 6.61 Å². The van der Waals surface area contributed by atoms with Gasteiger partial charge in [-0.15, -0.1) is 0 Å². The van der Waals surface area contributed by atoms with Crippen LogP contribution >= 0.6 is 0 Å². The monoisotopic (exact) mass is 584 g/mol. The Hall–Kier alpha value is -2.59. The van der Waals surface area contributed by atoms with Crippen molar-refractivity contribution in [1.29, 1.82) is 5.26 Å². The van der Waals surface area contributed by atoms with Gasteiger partial charge in [-0.2, -0.15) is 5.26 Å². The van der Waals surface area contributed by atoms with Crippen LogP contribution in [0.15, 0.2) is 18.2 Å². The molecule has 0 saturated heterocycles. The summed E-state index contributed by atoms with van der Waals surface area (Å²) < 4.78 is 5.48. The van der Waals surface area contributed by atoms with Gasteiger partial charge in [0.25, 0.3) is 0 Å². The second-order valence-electron chi connectivity index (χ2n) is 11.9. The molecule has 0 radical (unpaired) electrons. The molecule has 0 aromatic heterocycles. The maximum atomic E-state index is 12.1. The van der Waals surface area contributed by atoms with E-state index in [1.165, 1.54) is 89.9 Å². The zero-order valence-corrected chi connectivity index (χ0v) is 26.9. The van der Waals surface area contributed by atoms with Crippen molar-refractivity contribution >= 4 is 12.5 Å². The van der Waals surface area contributed by atoms with E-state index >= 15 is 0 Å². The van der Waals surface area contributed by atoms with E-state index in [9.17, 15) is 14.9 Å². The van der Waals surface area contributed by atoms with Gasteiger partial charge in [0, 0.05) is 13.1 Å². The molecular weight excluding hydrogens is 524 g/mol. The third-order valence-electron chi connectivity index (χ3n) is 7.85. The molecular formula is C35H60N4O3. The number of hydrogen-bond acceptors (Lipinski definition) is 5. The number of carbonyl (C=O) groups is 2. The van der Waals surface area contributed by atoms with Crippen LogP contribution in [-0.2, 0) is 22.6 Å². The lowest BCUT2D eigenvalue weighted by molar-refractivity contribution is -0.109. The molecule has 2 amide bonds. The van der Waals surface area contributed by atoms with Crippen molar-refractivity contribution in [1.82, 2.24) is 15.5 Å². The number of rotatable bonds is 28. The average molecular weight is 585 g/mol. The third kappa shape index (κ3) is 22.1. The Labute approximate surface area is 257 Å². The Morgan fingerprint density at radius 1 is 0.762 bits per heavy atom. The quantitative estimate of drug-likeness (QED) is 0.0768. The second kappa shape index (κ2) is 27.3. The van der Waals surface area contributed by atoms with Crippen LogP contribution in [0.5, 0.6) is 0 Å². The number of ether oxygens (including phenoxy) is 1. The number of aryl methyl sites for hydroxylation is 1. The number of alkyl carbamates (subject to hydrolysis) is 1. The molecule has 1 aromatic rings. The molecule has 42 heavy (non-hydrogen) atoms. The molecule has 7 nitrogen and oxygen atoms in total. The fraction of sp³-hybridized carbons (Fsp3) is 0.743. The zero-order valence-electron chi connectivity index (χ0n) is 26.9. The van der Waals surface area contributed by atoms with Crippen LogP contribution in [0.1, 0.15) is 139 Å². The Kier molecular flexibility index (Phi) is 24.3. The standard InChI is InChI=1S/C35H60N4O3/c1-39(2)27-21-17-20-26-38-35(41)42-30-34-24-23-32(29-36)28-33(34)22-18-15-13-11-9-7-5-3-4-6-8-10-12-14-16-19-25-37-31-40/h23-24,28,31H,3-22,25-27,30H2,1-2H3,(H,37,40)(H,38,41). The number of nitriles is 1. The number of carbonyl (C=O) groups excluding carboxylic acids is 2. The first kappa shape index (κ1) is 37.4. The maximum Gasteiger partial charge on any atom is 0.407 e. The molecule has 0 saturated carbocycles. The van der Waals surface area contributed by atoms with Crippen LogP contribution in [0, 0.1) is 11.3 Å². The number of hydrogen-bond donors (Lipinski definition) is 2. The van der Waals surface area contributed by atoms with E-state index in [0.717, 1.165) is 69.2 Å². The SMILES string of the molecule is CN(C)CCCCCNC(=O)OCc1ccc(C#N)cc1CCCCCCCCCCCCCCCCCCNC=O. The Morgan fingerprint density at radius 2 is 1.29 bits per heavy atom. The molecule has 0 unspecified atom stereocenters. The summed E-state index contributed by atoms with van der Waals surface area (Å²) in [6, 6.07) is 7.94. The summed E-state index contributed by atoms with van der Waals surface area (Å²) in [7, 11) is 4.15. The minimum Gasteiger partial charge on any atom is -0.445 e. The minimum absolute atomic E-state index is 0.245. The highest BCUT2D eigenvalue weighted by Gasteiger charge is 2.08. The summed E-state index contributed by atoms with van der Waals surface area (Å²) in [4.78, 5) is 24.5. The lowest BCUT2D eigenvalue weighted by Crippen LogP contribution is -2.25. The third-order valence-corrected chi connectivity index (χ3v) is 7.85. The highest BCUT2D eigenvalue weighted by Crippen LogP contribution is 2.18. The molecule has 0 aliphatic carbocycles. The Bertz CT molecular complexity index is 853. The minimum atomic E-state index is -0.370. The van der Waals surface area contributed by atoms with Gasteiger partial charge in [0.05, 0.1) is 11.6 Å². The number of nitrogens with one attached hydrogen (secondary N) is 2. The van der Waals surface area contributed by atoms with E-state index < -0.39 is 0 Å². The van der Waals surface area contributed by atoms with Gasteiger partial charge in [0.2, 0.25) is 6.41 Å². The summed E-state index contributed by atoms with van der Waals surface area (Å²) in [5, 5.41) is 14.9. The number of amides is 2. The van der Waals surface area contributed by atoms with Gasteiger partial charge in [-0.3, -0.25) is 4.79 Å². The molecule has 0 fully saturated rings.